The predicted molar refractivity (Wildman–Crippen MR) is 59.8 cm³/mol. The Morgan fingerprint density at radius 2 is 1.73 bits per heavy atom. The van der Waals surface area contributed by atoms with Crippen LogP contribution < -0.4 is 5.32 Å². The van der Waals surface area contributed by atoms with Crippen molar-refractivity contribution in [1.29, 1.82) is 0 Å². The molecule has 1 N–H and O–H groups in total. The Kier molecular flexibility index (Phi) is 5.24. The lowest BCUT2D eigenvalue weighted by molar-refractivity contribution is -0.150. The van der Waals surface area contributed by atoms with Crippen molar-refractivity contribution in [3.05, 3.63) is 0 Å². The zero-order valence-corrected chi connectivity index (χ0v) is 10.6. The van der Waals surface area contributed by atoms with Crippen molar-refractivity contribution >= 4 is 5.97 Å². The second-order valence-electron chi connectivity index (χ2n) is 5.05. The van der Waals surface area contributed by atoms with Crippen LogP contribution in [-0.2, 0) is 14.3 Å². The lowest BCUT2D eigenvalue weighted by Crippen LogP contribution is -2.49. The number of ether oxygens (including phenoxy) is 2. The largest absolute Gasteiger partial charge is 0.469 e. The Morgan fingerprint density at radius 3 is 2.13 bits per heavy atom. The molecule has 0 heterocycles. The zero-order chi connectivity index (χ0) is 12.1. The second-order valence-corrected chi connectivity index (χ2v) is 5.05. The van der Waals surface area contributed by atoms with Crippen molar-refractivity contribution in [2.24, 2.45) is 5.41 Å². The van der Waals surface area contributed by atoms with Crippen molar-refractivity contribution in [2.45, 2.75) is 33.2 Å². The molecule has 0 aliphatic carbocycles. The van der Waals surface area contributed by atoms with Crippen molar-refractivity contribution in [3.8, 4) is 0 Å². The summed E-state index contributed by atoms with van der Waals surface area (Å²) in [5, 5.41) is 3.29. The molecule has 0 rings (SSSR count). The van der Waals surface area contributed by atoms with Crippen LogP contribution in [0.3, 0.4) is 0 Å². The van der Waals surface area contributed by atoms with Gasteiger partial charge in [0.2, 0.25) is 0 Å². The Bertz CT molecular complexity index is 212. The highest BCUT2D eigenvalue weighted by Crippen LogP contribution is 2.17. The van der Waals surface area contributed by atoms with Gasteiger partial charge in [0.25, 0.3) is 0 Å². The average Bonchev–Trinajstić information content (AvgIpc) is 2.14. The van der Waals surface area contributed by atoms with E-state index in [1.165, 1.54) is 7.11 Å². The normalized spacial score (nSPS) is 12.7. The third kappa shape index (κ3) is 5.14. The summed E-state index contributed by atoms with van der Waals surface area (Å²) in [7, 11) is 3.07. The fraction of sp³-hybridized carbons (Fsp3) is 0.909. The van der Waals surface area contributed by atoms with Crippen LogP contribution in [0.2, 0.25) is 0 Å². The number of carbonyl (C=O) groups excluding carboxylic acids is 1. The van der Waals surface area contributed by atoms with Gasteiger partial charge in [-0.1, -0.05) is 0 Å². The number of methoxy groups -OCH3 is 2. The second kappa shape index (κ2) is 5.47. The molecule has 0 aliphatic heterocycles. The third-order valence-corrected chi connectivity index (χ3v) is 2.25. The van der Waals surface area contributed by atoms with Crippen molar-refractivity contribution in [2.75, 3.05) is 27.4 Å². The quantitative estimate of drug-likeness (QED) is 0.679. The molecular weight excluding hydrogens is 194 g/mol. The number of rotatable bonds is 6. The van der Waals surface area contributed by atoms with Crippen LogP contribution >= 0.6 is 0 Å². The monoisotopic (exact) mass is 217 g/mol. The highest BCUT2D eigenvalue weighted by molar-refractivity contribution is 5.76. The van der Waals surface area contributed by atoms with E-state index in [1.54, 1.807) is 7.11 Å². The molecule has 0 aromatic heterocycles. The third-order valence-electron chi connectivity index (χ3n) is 2.25. The van der Waals surface area contributed by atoms with E-state index >= 15 is 0 Å². The fourth-order valence-electron chi connectivity index (χ4n) is 1.22. The topological polar surface area (TPSA) is 47.6 Å². The highest BCUT2D eigenvalue weighted by Gasteiger charge is 2.30. The Hall–Kier alpha value is -0.610. The maximum Gasteiger partial charge on any atom is 0.312 e. The molecule has 0 aliphatic rings. The van der Waals surface area contributed by atoms with Gasteiger partial charge in [0.05, 0.1) is 19.1 Å². The number of nitrogens with one attached hydrogen (secondary N) is 1. The van der Waals surface area contributed by atoms with E-state index in [-0.39, 0.29) is 11.5 Å². The first-order chi connectivity index (χ1) is 6.75. The average molecular weight is 217 g/mol. The summed E-state index contributed by atoms with van der Waals surface area (Å²) in [6.07, 6.45) is 0. The van der Waals surface area contributed by atoms with Crippen LogP contribution in [0.1, 0.15) is 27.7 Å². The van der Waals surface area contributed by atoms with E-state index in [4.69, 9.17) is 9.47 Å². The molecule has 0 spiro atoms. The summed E-state index contributed by atoms with van der Waals surface area (Å²) in [5.41, 5.74) is -0.653. The summed E-state index contributed by atoms with van der Waals surface area (Å²) in [4.78, 5) is 11.4. The predicted octanol–water partition coefficient (Wildman–Crippen LogP) is 1.20. The first-order valence-electron chi connectivity index (χ1n) is 5.07. The minimum Gasteiger partial charge on any atom is -0.469 e. The van der Waals surface area contributed by atoms with Crippen LogP contribution in [-0.4, -0.2) is 38.9 Å². The minimum absolute atomic E-state index is 0.139. The minimum atomic E-state index is -0.514. The van der Waals surface area contributed by atoms with E-state index in [2.05, 4.69) is 5.32 Å². The summed E-state index contributed by atoms with van der Waals surface area (Å²) in [6, 6.07) is 0. The lowest BCUT2D eigenvalue weighted by atomic mass is 9.92. The molecule has 4 heteroatoms. The maximum atomic E-state index is 11.4. The number of carbonyl (C=O) groups is 1. The smallest absolute Gasteiger partial charge is 0.312 e. The Labute approximate surface area is 92.3 Å². The molecule has 0 radical (unpaired) electrons. The van der Waals surface area contributed by atoms with Crippen LogP contribution in [0.25, 0.3) is 0 Å². The maximum absolute atomic E-state index is 11.4. The molecule has 0 fully saturated rings. The highest BCUT2D eigenvalue weighted by atomic mass is 16.5. The van der Waals surface area contributed by atoms with E-state index in [1.807, 2.05) is 27.7 Å². The van der Waals surface area contributed by atoms with Crippen molar-refractivity contribution < 1.29 is 14.3 Å². The molecule has 0 aromatic rings. The molecular formula is C11H23NO3. The van der Waals surface area contributed by atoms with E-state index < -0.39 is 5.41 Å². The van der Waals surface area contributed by atoms with Gasteiger partial charge in [-0.15, -0.1) is 0 Å². The molecule has 0 atom stereocenters. The molecule has 0 amide bonds. The van der Waals surface area contributed by atoms with Crippen LogP contribution in [0, 0.1) is 5.41 Å². The Balaban J connectivity index is 4.19. The van der Waals surface area contributed by atoms with Gasteiger partial charge < -0.3 is 14.8 Å². The molecule has 0 saturated heterocycles. The molecule has 0 aromatic carbocycles. The summed E-state index contributed by atoms with van der Waals surface area (Å²) < 4.78 is 9.81. The van der Waals surface area contributed by atoms with Crippen LogP contribution in [0.15, 0.2) is 0 Å². The molecule has 15 heavy (non-hydrogen) atoms. The van der Waals surface area contributed by atoms with Crippen molar-refractivity contribution in [1.82, 2.24) is 5.32 Å². The number of esters is 1. The summed E-state index contributed by atoms with van der Waals surface area (Å²) >= 11 is 0. The van der Waals surface area contributed by atoms with Gasteiger partial charge in [-0.25, -0.2) is 0 Å². The molecule has 4 nitrogen and oxygen atoms in total. The molecule has 0 unspecified atom stereocenters. The SMILES string of the molecule is COCC(C)(C)NCC(C)(C)C(=O)OC. The van der Waals surface area contributed by atoms with E-state index in [9.17, 15) is 4.79 Å². The van der Waals surface area contributed by atoms with Gasteiger partial charge in [-0.2, -0.15) is 0 Å². The van der Waals surface area contributed by atoms with Gasteiger partial charge in [-0.3, -0.25) is 4.79 Å². The summed E-state index contributed by atoms with van der Waals surface area (Å²) in [6.45, 7) is 8.94. The van der Waals surface area contributed by atoms with Crippen molar-refractivity contribution in [3.63, 3.8) is 0 Å². The van der Waals surface area contributed by atoms with E-state index in [0.717, 1.165) is 0 Å². The Morgan fingerprint density at radius 1 is 1.20 bits per heavy atom. The summed E-state index contributed by atoms with van der Waals surface area (Å²) in [5.74, 6) is -0.205. The number of hydrogen-bond acceptors (Lipinski definition) is 4. The lowest BCUT2D eigenvalue weighted by Gasteiger charge is -2.30. The van der Waals surface area contributed by atoms with Gasteiger partial charge >= 0.3 is 5.97 Å². The first kappa shape index (κ1) is 14.4. The standard InChI is InChI=1S/C11H23NO3/c1-10(2,9(13)15-6)7-12-11(3,4)8-14-5/h12H,7-8H2,1-6H3. The van der Waals surface area contributed by atoms with Crippen LogP contribution in [0.4, 0.5) is 0 Å². The van der Waals surface area contributed by atoms with Gasteiger partial charge in [0.1, 0.15) is 0 Å². The fourth-order valence-corrected chi connectivity index (χ4v) is 1.22. The molecule has 0 saturated carbocycles. The molecule has 0 bridgehead atoms. The van der Waals surface area contributed by atoms with Gasteiger partial charge in [0.15, 0.2) is 0 Å². The number of hydrogen-bond donors (Lipinski definition) is 1. The van der Waals surface area contributed by atoms with Crippen LogP contribution in [0.5, 0.6) is 0 Å². The van der Waals surface area contributed by atoms with Gasteiger partial charge in [-0.05, 0) is 27.7 Å². The van der Waals surface area contributed by atoms with E-state index in [0.29, 0.717) is 13.2 Å². The van der Waals surface area contributed by atoms with Gasteiger partial charge in [0, 0.05) is 19.2 Å². The first-order valence-corrected chi connectivity index (χ1v) is 5.07. The zero-order valence-electron chi connectivity index (χ0n) is 10.6. The molecule has 90 valence electrons.